The standard InChI is InChI=1S/C12H15BrN2O3/c1-18-12(17)10-5-8(13)6-14-11(10)15-4-2-3-9(16)7-15/h5-6,9,16H,2-4,7H2,1H3/t9-/m1/s1. The predicted octanol–water partition coefficient (Wildman–Crippen LogP) is 1.59. The first-order valence-corrected chi connectivity index (χ1v) is 6.58. The molecule has 2 rings (SSSR count). The molecule has 2 heterocycles. The third-order valence-electron chi connectivity index (χ3n) is 2.93. The number of pyridine rings is 1. The van der Waals surface area contributed by atoms with Gasteiger partial charge in [-0.25, -0.2) is 9.78 Å². The van der Waals surface area contributed by atoms with E-state index in [4.69, 9.17) is 4.74 Å². The number of hydrogen-bond acceptors (Lipinski definition) is 5. The number of aromatic nitrogens is 1. The van der Waals surface area contributed by atoms with E-state index in [1.165, 1.54) is 7.11 Å². The molecule has 6 heteroatoms. The van der Waals surface area contributed by atoms with Crippen molar-refractivity contribution in [2.75, 3.05) is 25.1 Å². The number of halogens is 1. The summed E-state index contributed by atoms with van der Waals surface area (Å²) >= 11 is 3.29. The Morgan fingerprint density at radius 1 is 1.67 bits per heavy atom. The summed E-state index contributed by atoms with van der Waals surface area (Å²) in [5, 5.41) is 9.69. The third-order valence-corrected chi connectivity index (χ3v) is 3.37. The van der Waals surface area contributed by atoms with Crippen LogP contribution < -0.4 is 4.90 Å². The number of esters is 1. The van der Waals surface area contributed by atoms with Crippen molar-refractivity contribution in [3.8, 4) is 0 Å². The molecule has 1 atom stereocenters. The van der Waals surface area contributed by atoms with Crippen LogP contribution in [-0.4, -0.2) is 42.4 Å². The molecule has 0 saturated carbocycles. The van der Waals surface area contributed by atoms with E-state index < -0.39 is 5.97 Å². The number of nitrogens with zero attached hydrogens (tertiary/aromatic N) is 2. The number of β-amino-alcohol motifs (C(OH)–C–C–N with tert-alkyl or cyclic N) is 1. The van der Waals surface area contributed by atoms with Gasteiger partial charge in [-0.3, -0.25) is 0 Å². The molecule has 1 aliphatic rings. The molecular weight excluding hydrogens is 300 g/mol. The van der Waals surface area contributed by atoms with Crippen LogP contribution in [0.1, 0.15) is 23.2 Å². The van der Waals surface area contributed by atoms with Gasteiger partial charge in [-0.1, -0.05) is 0 Å². The van der Waals surface area contributed by atoms with Crippen molar-refractivity contribution in [2.45, 2.75) is 18.9 Å². The summed E-state index contributed by atoms with van der Waals surface area (Å²) in [4.78, 5) is 17.9. The second-order valence-electron chi connectivity index (χ2n) is 4.26. The Labute approximate surface area is 114 Å². The molecule has 98 valence electrons. The lowest BCUT2D eigenvalue weighted by molar-refractivity contribution is 0.0600. The Hall–Kier alpha value is -1.14. The van der Waals surface area contributed by atoms with E-state index >= 15 is 0 Å². The first-order valence-electron chi connectivity index (χ1n) is 5.78. The summed E-state index contributed by atoms with van der Waals surface area (Å²) < 4.78 is 5.49. The van der Waals surface area contributed by atoms with Gasteiger partial charge < -0.3 is 14.7 Å². The highest BCUT2D eigenvalue weighted by atomic mass is 79.9. The van der Waals surface area contributed by atoms with Crippen LogP contribution in [0.25, 0.3) is 0 Å². The number of methoxy groups -OCH3 is 1. The number of anilines is 1. The van der Waals surface area contributed by atoms with Crippen molar-refractivity contribution in [2.24, 2.45) is 0 Å². The van der Waals surface area contributed by atoms with Gasteiger partial charge in [-0.2, -0.15) is 0 Å². The second kappa shape index (κ2) is 5.67. The zero-order valence-corrected chi connectivity index (χ0v) is 11.7. The zero-order valence-electron chi connectivity index (χ0n) is 10.1. The fourth-order valence-electron chi connectivity index (χ4n) is 2.09. The predicted molar refractivity (Wildman–Crippen MR) is 70.7 cm³/mol. The first-order chi connectivity index (χ1) is 8.61. The van der Waals surface area contributed by atoms with Gasteiger partial charge >= 0.3 is 5.97 Å². The minimum atomic E-state index is -0.418. The summed E-state index contributed by atoms with van der Waals surface area (Å²) in [5.41, 5.74) is 0.418. The second-order valence-corrected chi connectivity index (χ2v) is 5.17. The van der Waals surface area contributed by atoms with Crippen LogP contribution in [0.3, 0.4) is 0 Å². The van der Waals surface area contributed by atoms with Crippen molar-refractivity contribution in [1.29, 1.82) is 0 Å². The average Bonchev–Trinajstić information content (AvgIpc) is 2.37. The van der Waals surface area contributed by atoms with Gasteiger partial charge in [-0.15, -0.1) is 0 Å². The summed E-state index contributed by atoms with van der Waals surface area (Å²) in [7, 11) is 1.35. The molecule has 18 heavy (non-hydrogen) atoms. The molecule has 0 amide bonds. The Morgan fingerprint density at radius 3 is 3.11 bits per heavy atom. The molecule has 1 fully saturated rings. The van der Waals surface area contributed by atoms with E-state index in [2.05, 4.69) is 20.9 Å². The number of carbonyl (C=O) groups is 1. The molecule has 0 unspecified atom stereocenters. The molecule has 0 radical (unpaired) electrons. The average molecular weight is 315 g/mol. The summed E-state index contributed by atoms with van der Waals surface area (Å²) in [6, 6.07) is 1.69. The van der Waals surface area contributed by atoms with Crippen molar-refractivity contribution < 1.29 is 14.6 Å². The molecule has 1 saturated heterocycles. The summed E-state index contributed by atoms with van der Waals surface area (Å²) in [6.07, 6.45) is 2.96. The fraction of sp³-hybridized carbons (Fsp3) is 0.500. The van der Waals surface area contributed by atoms with Crippen molar-refractivity contribution in [3.63, 3.8) is 0 Å². The number of piperidine rings is 1. The largest absolute Gasteiger partial charge is 0.465 e. The lowest BCUT2D eigenvalue weighted by Crippen LogP contribution is -2.39. The maximum absolute atomic E-state index is 11.7. The number of hydrogen-bond donors (Lipinski definition) is 1. The maximum Gasteiger partial charge on any atom is 0.341 e. The maximum atomic E-state index is 11.7. The molecule has 0 aliphatic carbocycles. The highest BCUT2D eigenvalue weighted by Gasteiger charge is 2.24. The molecular formula is C12H15BrN2O3. The van der Waals surface area contributed by atoms with Crippen LogP contribution in [0, 0.1) is 0 Å². The first kappa shape index (κ1) is 13.3. The monoisotopic (exact) mass is 314 g/mol. The van der Waals surface area contributed by atoms with Crippen molar-refractivity contribution >= 4 is 27.7 Å². The van der Waals surface area contributed by atoms with Crippen LogP contribution in [0.15, 0.2) is 16.7 Å². The van der Waals surface area contributed by atoms with Gasteiger partial charge in [0.2, 0.25) is 0 Å². The van der Waals surface area contributed by atoms with E-state index in [1.807, 2.05) is 4.90 Å². The number of aliphatic hydroxyl groups is 1. The van der Waals surface area contributed by atoms with Crippen LogP contribution in [0.4, 0.5) is 5.82 Å². The molecule has 0 spiro atoms. The van der Waals surface area contributed by atoms with Gasteiger partial charge in [-0.05, 0) is 34.8 Å². The lowest BCUT2D eigenvalue weighted by atomic mass is 10.1. The Kier molecular flexibility index (Phi) is 4.19. The fourth-order valence-corrected chi connectivity index (χ4v) is 2.42. The molecule has 1 aromatic rings. The summed E-state index contributed by atoms with van der Waals surface area (Å²) in [5.74, 6) is 0.155. The van der Waals surface area contributed by atoms with Crippen molar-refractivity contribution in [3.05, 3.63) is 22.3 Å². The van der Waals surface area contributed by atoms with Gasteiger partial charge in [0.15, 0.2) is 0 Å². The van der Waals surface area contributed by atoms with Gasteiger partial charge in [0.1, 0.15) is 11.4 Å². The van der Waals surface area contributed by atoms with E-state index in [0.29, 0.717) is 17.9 Å². The van der Waals surface area contributed by atoms with E-state index in [1.54, 1.807) is 12.3 Å². The van der Waals surface area contributed by atoms with E-state index in [9.17, 15) is 9.90 Å². The molecule has 1 aromatic heterocycles. The van der Waals surface area contributed by atoms with Gasteiger partial charge in [0.25, 0.3) is 0 Å². The topological polar surface area (TPSA) is 62.7 Å². The Bertz CT molecular complexity index is 453. The Morgan fingerprint density at radius 2 is 2.44 bits per heavy atom. The minimum absolute atomic E-state index is 0.366. The normalized spacial score (nSPS) is 19.7. The lowest BCUT2D eigenvalue weighted by Gasteiger charge is -2.31. The SMILES string of the molecule is COC(=O)c1cc(Br)cnc1N1CCC[C@@H](O)C1. The Balaban J connectivity index is 2.34. The highest BCUT2D eigenvalue weighted by molar-refractivity contribution is 9.10. The molecule has 0 aromatic carbocycles. The van der Waals surface area contributed by atoms with Gasteiger partial charge in [0, 0.05) is 23.8 Å². The number of carbonyl (C=O) groups excluding carboxylic acids is 1. The number of ether oxygens (including phenoxy) is 1. The number of aliphatic hydroxyl groups excluding tert-OH is 1. The van der Waals surface area contributed by atoms with Crippen LogP contribution in [0.5, 0.6) is 0 Å². The quantitative estimate of drug-likeness (QED) is 0.840. The van der Waals surface area contributed by atoms with E-state index in [-0.39, 0.29) is 6.10 Å². The van der Waals surface area contributed by atoms with Gasteiger partial charge in [0.05, 0.1) is 13.2 Å². The summed E-state index contributed by atoms with van der Waals surface area (Å²) in [6.45, 7) is 1.29. The molecule has 5 nitrogen and oxygen atoms in total. The third kappa shape index (κ3) is 2.81. The number of rotatable bonds is 2. The molecule has 1 aliphatic heterocycles. The van der Waals surface area contributed by atoms with Crippen molar-refractivity contribution in [1.82, 2.24) is 4.98 Å². The van der Waals surface area contributed by atoms with E-state index in [0.717, 1.165) is 23.9 Å². The molecule has 1 N–H and O–H groups in total. The van der Waals surface area contributed by atoms with Crippen LogP contribution in [-0.2, 0) is 4.74 Å². The molecule has 0 bridgehead atoms. The smallest absolute Gasteiger partial charge is 0.341 e. The van der Waals surface area contributed by atoms with Crippen LogP contribution in [0.2, 0.25) is 0 Å². The highest BCUT2D eigenvalue weighted by Crippen LogP contribution is 2.25. The zero-order chi connectivity index (χ0) is 13.1. The minimum Gasteiger partial charge on any atom is -0.465 e. The van der Waals surface area contributed by atoms with Crippen LogP contribution >= 0.6 is 15.9 Å².